The molecule has 2 aromatic rings. The fourth-order valence-electron chi connectivity index (χ4n) is 2.84. The lowest BCUT2D eigenvalue weighted by atomic mass is 10.00. The van der Waals surface area contributed by atoms with Gasteiger partial charge in [-0.2, -0.15) is 4.39 Å². The topological polar surface area (TPSA) is 46.5 Å². The van der Waals surface area contributed by atoms with Crippen molar-refractivity contribution in [2.75, 3.05) is 6.61 Å². The van der Waals surface area contributed by atoms with Crippen molar-refractivity contribution in [2.45, 2.75) is 46.0 Å². The van der Waals surface area contributed by atoms with Crippen molar-refractivity contribution in [3.8, 4) is 11.5 Å². The smallest absolute Gasteiger partial charge is 0.207 e. The number of Topliss-reactive ketones (excluding diaryl/α,β-unsaturated/α-hetero) is 1. The van der Waals surface area contributed by atoms with Gasteiger partial charge in [-0.1, -0.05) is 25.5 Å². The van der Waals surface area contributed by atoms with Gasteiger partial charge < -0.3 is 9.84 Å². The normalized spacial score (nSPS) is 10.8. The predicted molar refractivity (Wildman–Crippen MR) is 96.9 cm³/mol. The first-order valence-corrected chi connectivity index (χ1v) is 8.92. The highest BCUT2D eigenvalue weighted by molar-refractivity contribution is 5.98. The first-order valence-electron chi connectivity index (χ1n) is 8.92. The molecule has 26 heavy (non-hydrogen) atoms. The number of phenols is 1. The second-order valence-corrected chi connectivity index (χ2v) is 6.16. The maximum absolute atomic E-state index is 14.0. The van der Waals surface area contributed by atoms with Gasteiger partial charge in [-0.25, -0.2) is 4.39 Å². The summed E-state index contributed by atoms with van der Waals surface area (Å²) in [5.41, 5.74) is 1.45. The molecule has 1 N–H and O–H groups in total. The fourth-order valence-corrected chi connectivity index (χ4v) is 2.84. The summed E-state index contributed by atoms with van der Waals surface area (Å²) in [6.45, 7) is 3.96. The van der Waals surface area contributed by atoms with E-state index in [0.29, 0.717) is 24.8 Å². The third-order valence-corrected chi connectivity index (χ3v) is 4.19. The van der Waals surface area contributed by atoms with Gasteiger partial charge in [-0.15, -0.1) is 0 Å². The van der Waals surface area contributed by atoms with Gasteiger partial charge in [0.05, 0.1) is 12.2 Å². The Morgan fingerprint density at radius 3 is 2.54 bits per heavy atom. The highest BCUT2D eigenvalue weighted by Gasteiger charge is 2.18. The molecule has 0 saturated carbocycles. The lowest BCUT2D eigenvalue weighted by Crippen LogP contribution is -2.03. The average Bonchev–Trinajstić information content (AvgIpc) is 2.61. The average molecular weight is 362 g/mol. The predicted octanol–water partition coefficient (Wildman–Crippen LogP) is 5.23. The second-order valence-electron chi connectivity index (χ2n) is 6.16. The van der Waals surface area contributed by atoms with Crippen LogP contribution >= 0.6 is 0 Å². The van der Waals surface area contributed by atoms with Crippen molar-refractivity contribution in [3.63, 3.8) is 0 Å². The summed E-state index contributed by atoms with van der Waals surface area (Å²) >= 11 is 0. The van der Waals surface area contributed by atoms with Crippen molar-refractivity contribution in [1.29, 1.82) is 0 Å². The van der Waals surface area contributed by atoms with Crippen LogP contribution in [-0.4, -0.2) is 17.5 Å². The van der Waals surface area contributed by atoms with Crippen molar-refractivity contribution in [3.05, 3.63) is 58.7 Å². The summed E-state index contributed by atoms with van der Waals surface area (Å²) < 4.78 is 33.0. The van der Waals surface area contributed by atoms with Crippen LogP contribution in [0.25, 0.3) is 0 Å². The molecule has 0 spiro atoms. The van der Waals surface area contributed by atoms with Crippen LogP contribution in [0.15, 0.2) is 30.3 Å². The lowest BCUT2D eigenvalue weighted by molar-refractivity contribution is 0.0976. The Morgan fingerprint density at radius 2 is 1.88 bits per heavy atom. The van der Waals surface area contributed by atoms with Gasteiger partial charge in [0.1, 0.15) is 5.82 Å². The Morgan fingerprint density at radius 1 is 1.12 bits per heavy atom. The third-order valence-electron chi connectivity index (χ3n) is 4.19. The Bertz CT molecular complexity index is 772. The van der Waals surface area contributed by atoms with Crippen molar-refractivity contribution in [2.24, 2.45) is 0 Å². The summed E-state index contributed by atoms with van der Waals surface area (Å²) in [6.07, 6.45) is 2.74. The lowest BCUT2D eigenvalue weighted by Gasteiger charge is -2.09. The van der Waals surface area contributed by atoms with E-state index in [2.05, 4.69) is 0 Å². The SMILES string of the molecule is CCCc1ccc(CCCC(=O)c2ccc(OCC)c(F)c2O)cc1F. The molecule has 0 aliphatic rings. The first kappa shape index (κ1) is 19.9. The molecule has 0 fully saturated rings. The van der Waals surface area contributed by atoms with Crippen molar-refractivity contribution in [1.82, 2.24) is 0 Å². The monoisotopic (exact) mass is 362 g/mol. The Hall–Kier alpha value is -2.43. The maximum atomic E-state index is 14.0. The molecule has 0 aliphatic heterocycles. The number of ether oxygens (including phenoxy) is 1. The Labute approximate surface area is 152 Å². The summed E-state index contributed by atoms with van der Waals surface area (Å²) in [5.74, 6) is -2.26. The molecule has 2 rings (SSSR count). The second kappa shape index (κ2) is 9.32. The van der Waals surface area contributed by atoms with Gasteiger partial charge in [0.15, 0.2) is 17.3 Å². The van der Waals surface area contributed by atoms with Gasteiger partial charge in [0.25, 0.3) is 0 Å². The summed E-state index contributed by atoms with van der Waals surface area (Å²) in [4.78, 5) is 12.2. The van der Waals surface area contributed by atoms with E-state index in [4.69, 9.17) is 4.74 Å². The summed E-state index contributed by atoms with van der Waals surface area (Å²) in [6, 6.07) is 7.86. The molecular formula is C21H24F2O3. The zero-order valence-electron chi connectivity index (χ0n) is 15.1. The molecule has 140 valence electrons. The van der Waals surface area contributed by atoms with Crippen LogP contribution in [0.3, 0.4) is 0 Å². The first-order chi connectivity index (χ1) is 12.5. The number of aryl methyl sites for hydroxylation is 2. The Balaban J connectivity index is 1.97. The van der Waals surface area contributed by atoms with Gasteiger partial charge in [0, 0.05) is 6.42 Å². The summed E-state index contributed by atoms with van der Waals surface area (Å²) in [7, 11) is 0. The molecule has 0 aliphatic carbocycles. The van der Waals surface area contributed by atoms with E-state index in [1.807, 2.05) is 13.0 Å². The van der Waals surface area contributed by atoms with E-state index in [1.165, 1.54) is 18.2 Å². The maximum Gasteiger partial charge on any atom is 0.207 e. The third kappa shape index (κ3) is 4.81. The summed E-state index contributed by atoms with van der Waals surface area (Å²) in [5, 5.41) is 9.88. The van der Waals surface area contributed by atoms with E-state index in [9.17, 15) is 18.7 Å². The van der Waals surface area contributed by atoms with Crippen LogP contribution in [0, 0.1) is 11.6 Å². The zero-order valence-corrected chi connectivity index (χ0v) is 15.1. The molecule has 0 amide bonds. The molecule has 0 radical (unpaired) electrons. The van der Waals surface area contributed by atoms with E-state index >= 15 is 0 Å². The van der Waals surface area contributed by atoms with Crippen LogP contribution in [0.1, 0.15) is 54.6 Å². The standard InChI is InChI=1S/C21H24F2O3/c1-3-6-15-10-9-14(13-17(15)22)7-5-8-18(24)16-11-12-19(26-4-2)20(23)21(16)25/h9-13,25H,3-8H2,1-2H3. The molecule has 0 atom stereocenters. The number of carbonyl (C=O) groups is 1. The van der Waals surface area contributed by atoms with E-state index in [-0.39, 0.29) is 35.9 Å². The van der Waals surface area contributed by atoms with Gasteiger partial charge in [-0.05, 0) is 55.5 Å². The minimum absolute atomic E-state index is 0.0598. The number of rotatable bonds is 9. The highest BCUT2D eigenvalue weighted by Crippen LogP contribution is 2.30. The molecule has 0 unspecified atom stereocenters. The molecule has 0 aromatic heterocycles. The van der Waals surface area contributed by atoms with Crippen LogP contribution in [0.2, 0.25) is 0 Å². The van der Waals surface area contributed by atoms with Gasteiger partial charge in [-0.3, -0.25) is 4.79 Å². The largest absolute Gasteiger partial charge is 0.504 e. The minimum atomic E-state index is -0.925. The van der Waals surface area contributed by atoms with Gasteiger partial charge in [0.2, 0.25) is 5.82 Å². The molecule has 0 bridgehead atoms. The minimum Gasteiger partial charge on any atom is -0.504 e. The molecule has 3 nitrogen and oxygen atoms in total. The molecule has 2 aromatic carbocycles. The number of benzene rings is 2. The van der Waals surface area contributed by atoms with Crippen molar-refractivity contribution < 1.29 is 23.4 Å². The fraction of sp³-hybridized carbons (Fsp3) is 0.381. The number of hydrogen-bond donors (Lipinski definition) is 1. The molecule has 0 saturated heterocycles. The van der Waals surface area contributed by atoms with Crippen molar-refractivity contribution >= 4 is 5.78 Å². The van der Waals surface area contributed by atoms with Crippen LogP contribution in [0.4, 0.5) is 8.78 Å². The number of phenolic OH excluding ortho intramolecular Hbond substituents is 1. The van der Waals surface area contributed by atoms with E-state index < -0.39 is 11.6 Å². The molecule has 5 heteroatoms. The number of aromatic hydroxyl groups is 1. The van der Waals surface area contributed by atoms with Gasteiger partial charge >= 0.3 is 0 Å². The van der Waals surface area contributed by atoms with Crippen LogP contribution in [-0.2, 0) is 12.8 Å². The zero-order chi connectivity index (χ0) is 19.1. The van der Waals surface area contributed by atoms with Crippen LogP contribution in [0.5, 0.6) is 11.5 Å². The number of hydrogen-bond acceptors (Lipinski definition) is 3. The van der Waals surface area contributed by atoms with E-state index in [0.717, 1.165) is 12.0 Å². The number of halogens is 2. The quantitative estimate of drug-likeness (QED) is 0.622. The number of ketones is 1. The molecular weight excluding hydrogens is 338 g/mol. The Kier molecular flexibility index (Phi) is 7.13. The molecule has 0 heterocycles. The highest BCUT2D eigenvalue weighted by atomic mass is 19.1. The number of carbonyl (C=O) groups excluding carboxylic acids is 1. The van der Waals surface area contributed by atoms with Crippen LogP contribution < -0.4 is 4.74 Å². The van der Waals surface area contributed by atoms with E-state index in [1.54, 1.807) is 13.0 Å².